The van der Waals surface area contributed by atoms with Crippen LogP contribution in [0.4, 0.5) is 13.2 Å². The van der Waals surface area contributed by atoms with Crippen molar-refractivity contribution in [1.82, 2.24) is 0 Å². The number of hydrogen-bond acceptors (Lipinski definition) is 3. The number of hydrogen-bond donors (Lipinski definition) is 0. The zero-order chi connectivity index (χ0) is 25.7. The molecule has 2 aliphatic carbocycles. The van der Waals surface area contributed by atoms with Gasteiger partial charge in [-0.05, 0) is 86.0 Å². The van der Waals surface area contributed by atoms with Crippen molar-refractivity contribution < 1.29 is 27.4 Å². The van der Waals surface area contributed by atoms with Gasteiger partial charge >= 0.3 is 5.97 Å². The fourth-order valence-corrected chi connectivity index (χ4v) is 5.60. The summed E-state index contributed by atoms with van der Waals surface area (Å²) in [7, 11) is 0. The van der Waals surface area contributed by atoms with Crippen molar-refractivity contribution >= 4 is 5.97 Å². The van der Waals surface area contributed by atoms with Crippen molar-refractivity contribution in [2.75, 3.05) is 6.61 Å². The predicted octanol–water partition coefficient (Wildman–Crippen LogP) is 8.46. The first-order valence-corrected chi connectivity index (χ1v) is 13.5. The van der Waals surface area contributed by atoms with Gasteiger partial charge in [0.25, 0.3) is 0 Å². The van der Waals surface area contributed by atoms with E-state index in [9.17, 15) is 9.18 Å². The molecular weight excluding hydrogens is 465 g/mol. The highest BCUT2D eigenvalue weighted by atomic mass is 19.2. The number of ether oxygens (including phenoxy) is 2. The Labute approximate surface area is 212 Å². The van der Waals surface area contributed by atoms with Crippen LogP contribution < -0.4 is 9.47 Å². The van der Waals surface area contributed by atoms with Crippen LogP contribution in [0.15, 0.2) is 30.3 Å². The molecule has 0 atom stereocenters. The Morgan fingerprint density at radius 1 is 0.861 bits per heavy atom. The molecule has 2 aromatic rings. The fourth-order valence-electron chi connectivity index (χ4n) is 5.60. The highest BCUT2D eigenvalue weighted by Gasteiger charge is 2.32. The smallest absolute Gasteiger partial charge is 0.314 e. The molecule has 2 saturated carbocycles. The first-order chi connectivity index (χ1) is 17.4. The predicted molar refractivity (Wildman–Crippen MR) is 134 cm³/mol. The number of halogens is 3. The number of carbonyl (C=O) groups is 1. The van der Waals surface area contributed by atoms with Gasteiger partial charge in [0.15, 0.2) is 23.2 Å². The SMILES string of the molecule is CCCCOc1ccc(OC(=O)C2CCC(c3ccc(C4CCC(C)CC4)c(F)c3F)CC2)c(F)c1. The standard InChI is InChI=1S/C30H37F3O3/c1-3-4-17-35-23-13-16-27(26(31)18-23)36-30(34)22-11-9-21(10-12-22)25-15-14-24(28(32)29(25)33)20-7-5-19(2)6-8-20/h13-16,18-22H,3-12,17H2,1-2H3. The summed E-state index contributed by atoms with van der Waals surface area (Å²) in [6, 6.07) is 7.74. The molecule has 2 fully saturated rings. The van der Waals surface area contributed by atoms with Crippen molar-refractivity contribution in [3.05, 3.63) is 58.9 Å². The van der Waals surface area contributed by atoms with Crippen molar-refractivity contribution in [3.63, 3.8) is 0 Å². The largest absolute Gasteiger partial charge is 0.493 e. The van der Waals surface area contributed by atoms with Crippen LogP contribution in [0.1, 0.15) is 101 Å². The quantitative estimate of drug-likeness (QED) is 0.206. The molecular formula is C30H37F3O3. The summed E-state index contributed by atoms with van der Waals surface area (Å²) in [6.07, 6.45) is 7.86. The van der Waals surface area contributed by atoms with E-state index in [0.717, 1.165) is 38.5 Å². The van der Waals surface area contributed by atoms with Crippen LogP contribution in [0.2, 0.25) is 0 Å². The highest BCUT2D eigenvalue weighted by Crippen LogP contribution is 2.41. The van der Waals surface area contributed by atoms with Gasteiger partial charge in [0.1, 0.15) is 5.75 Å². The molecule has 3 nitrogen and oxygen atoms in total. The third-order valence-corrected chi connectivity index (χ3v) is 7.98. The molecule has 0 heterocycles. The Morgan fingerprint density at radius 3 is 2.00 bits per heavy atom. The lowest BCUT2D eigenvalue weighted by atomic mass is 9.76. The second-order valence-corrected chi connectivity index (χ2v) is 10.6. The Kier molecular flexibility index (Phi) is 8.97. The van der Waals surface area contributed by atoms with Gasteiger partial charge in [-0.25, -0.2) is 13.2 Å². The van der Waals surface area contributed by atoms with Gasteiger partial charge in [0.05, 0.1) is 12.5 Å². The van der Waals surface area contributed by atoms with Gasteiger partial charge in [-0.2, -0.15) is 0 Å². The Bertz CT molecular complexity index is 1040. The number of esters is 1. The van der Waals surface area contributed by atoms with Crippen LogP contribution in [0, 0.1) is 29.3 Å². The molecule has 36 heavy (non-hydrogen) atoms. The maximum Gasteiger partial charge on any atom is 0.314 e. The maximum atomic E-state index is 15.1. The minimum atomic E-state index is -0.736. The van der Waals surface area contributed by atoms with Gasteiger partial charge in [-0.15, -0.1) is 0 Å². The van der Waals surface area contributed by atoms with Crippen LogP contribution in [-0.2, 0) is 4.79 Å². The van der Waals surface area contributed by atoms with E-state index in [2.05, 4.69) is 6.92 Å². The molecule has 0 amide bonds. The minimum Gasteiger partial charge on any atom is -0.493 e. The van der Waals surface area contributed by atoms with E-state index in [0.29, 0.717) is 55.1 Å². The van der Waals surface area contributed by atoms with Gasteiger partial charge in [-0.3, -0.25) is 4.79 Å². The summed E-state index contributed by atoms with van der Waals surface area (Å²) in [5.41, 5.74) is 0.904. The Morgan fingerprint density at radius 2 is 1.44 bits per heavy atom. The number of benzene rings is 2. The molecule has 0 bridgehead atoms. The zero-order valence-electron chi connectivity index (χ0n) is 21.3. The summed E-state index contributed by atoms with van der Waals surface area (Å²) >= 11 is 0. The van der Waals surface area contributed by atoms with E-state index >= 15 is 8.78 Å². The van der Waals surface area contributed by atoms with Crippen LogP contribution >= 0.6 is 0 Å². The van der Waals surface area contributed by atoms with Gasteiger partial charge in [0, 0.05) is 6.07 Å². The fraction of sp³-hybridized carbons (Fsp3) is 0.567. The summed E-state index contributed by atoms with van der Waals surface area (Å²) in [4.78, 5) is 12.7. The lowest BCUT2D eigenvalue weighted by Crippen LogP contribution is -2.26. The third kappa shape index (κ3) is 6.24. The van der Waals surface area contributed by atoms with E-state index in [1.54, 1.807) is 18.2 Å². The summed E-state index contributed by atoms with van der Waals surface area (Å²) in [5.74, 6) is -2.07. The molecule has 0 saturated heterocycles. The Hall–Kier alpha value is -2.50. The average molecular weight is 503 g/mol. The van der Waals surface area contributed by atoms with Gasteiger partial charge in [-0.1, -0.05) is 45.2 Å². The molecule has 2 aliphatic rings. The maximum absolute atomic E-state index is 15.1. The number of unbranched alkanes of at least 4 members (excludes halogenated alkanes) is 1. The molecule has 0 aromatic heterocycles. The van der Waals surface area contributed by atoms with Crippen LogP contribution in [0.25, 0.3) is 0 Å². The second kappa shape index (κ2) is 12.2. The van der Waals surface area contributed by atoms with E-state index in [1.165, 1.54) is 12.1 Å². The second-order valence-electron chi connectivity index (χ2n) is 10.6. The van der Waals surface area contributed by atoms with Gasteiger partial charge < -0.3 is 9.47 Å². The minimum absolute atomic E-state index is 0.0904. The van der Waals surface area contributed by atoms with E-state index in [1.807, 2.05) is 6.92 Å². The van der Waals surface area contributed by atoms with Crippen molar-refractivity contribution in [1.29, 1.82) is 0 Å². The monoisotopic (exact) mass is 502 g/mol. The molecule has 2 aromatic carbocycles. The first kappa shape index (κ1) is 26.6. The van der Waals surface area contributed by atoms with Gasteiger partial charge in [0.2, 0.25) is 0 Å². The highest BCUT2D eigenvalue weighted by molar-refractivity contribution is 5.75. The van der Waals surface area contributed by atoms with Crippen molar-refractivity contribution in [3.8, 4) is 11.5 Å². The Balaban J connectivity index is 1.33. The van der Waals surface area contributed by atoms with E-state index in [4.69, 9.17) is 9.47 Å². The molecule has 6 heteroatoms. The molecule has 0 radical (unpaired) electrons. The molecule has 0 unspecified atom stereocenters. The van der Waals surface area contributed by atoms with Crippen LogP contribution in [0.5, 0.6) is 11.5 Å². The molecule has 0 spiro atoms. The average Bonchev–Trinajstić information content (AvgIpc) is 2.88. The van der Waals surface area contributed by atoms with Crippen LogP contribution in [0.3, 0.4) is 0 Å². The molecule has 4 rings (SSSR count). The summed E-state index contributed by atoms with van der Waals surface area (Å²) in [6.45, 7) is 4.76. The number of rotatable bonds is 8. The first-order valence-electron chi connectivity index (χ1n) is 13.5. The number of carbonyl (C=O) groups excluding carboxylic acids is 1. The molecule has 196 valence electrons. The normalized spacial score (nSPS) is 24.4. The lowest BCUT2D eigenvalue weighted by molar-refractivity contribution is -0.140. The molecule has 0 aliphatic heterocycles. The van der Waals surface area contributed by atoms with E-state index in [-0.39, 0.29) is 17.6 Å². The van der Waals surface area contributed by atoms with E-state index < -0.39 is 29.3 Å². The zero-order valence-corrected chi connectivity index (χ0v) is 21.3. The van der Waals surface area contributed by atoms with Crippen LogP contribution in [-0.4, -0.2) is 12.6 Å². The molecule has 0 N–H and O–H groups in total. The topological polar surface area (TPSA) is 35.5 Å². The third-order valence-electron chi connectivity index (χ3n) is 7.98. The summed E-state index contributed by atoms with van der Waals surface area (Å²) < 4.78 is 55.3. The van der Waals surface area contributed by atoms with Crippen molar-refractivity contribution in [2.24, 2.45) is 11.8 Å². The summed E-state index contributed by atoms with van der Waals surface area (Å²) in [5, 5.41) is 0. The van der Waals surface area contributed by atoms with Crippen molar-refractivity contribution in [2.45, 2.75) is 89.9 Å². The lowest BCUT2D eigenvalue weighted by Gasteiger charge is -2.29.